The maximum absolute atomic E-state index is 11.2. The van der Waals surface area contributed by atoms with Crippen LogP contribution in [0.25, 0.3) is 21.5 Å². The van der Waals surface area contributed by atoms with E-state index in [9.17, 15) is 9.59 Å². The van der Waals surface area contributed by atoms with Crippen molar-refractivity contribution < 1.29 is 23.6 Å². The lowest BCUT2D eigenvalue weighted by atomic mass is 10.1. The highest BCUT2D eigenvalue weighted by molar-refractivity contribution is 7.16. The van der Waals surface area contributed by atoms with Gasteiger partial charge in [0.1, 0.15) is 17.0 Å². The summed E-state index contributed by atoms with van der Waals surface area (Å²) in [5.74, 6) is -1.06. The summed E-state index contributed by atoms with van der Waals surface area (Å²) in [5.41, 5.74) is 1.16. The number of benzene rings is 1. The third kappa shape index (κ3) is 1.95. The number of hydrogen-bond acceptors (Lipinski definition) is 7. The second kappa shape index (κ2) is 4.49. The molecule has 7 nitrogen and oxygen atoms in total. The van der Waals surface area contributed by atoms with Crippen molar-refractivity contribution in [3.63, 3.8) is 0 Å². The van der Waals surface area contributed by atoms with Crippen LogP contribution in [0.3, 0.4) is 0 Å². The molecule has 0 saturated carbocycles. The minimum absolute atomic E-state index is 0.283. The first kappa shape index (κ1) is 12.4. The Hall–Kier alpha value is -2.61. The van der Waals surface area contributed by atoms with Crippen LogP contribution in [0.1, 0.15) is 10.6 Å². The van der Waals surface area contributed by atoms with Crippen LogP contribution in [0.2, 0.25) is 0 Å². The Morgan fingerprint density at radius 2 is 2.20 bits per heavy atom. The maximum Gasteiger partial charge on any atom is 0.396 e. The van der Waals surface area contributed by atoms with E-state index < -0.39 is 10.9 Å². The van der Waals surface area contributed by atoms with E-state index in [0.29, 0.717) is 21.6 Å². The third-order valence-electron chi connectivity index (χ3n) is 2.65. The fourth-order valence-electron chi connectivity index (χ4n) is 1.77. The Morgan fingerprint density at radius 1 is 1.40 bits per heavy atom. The molecule has 3 rings (SSSR count). The van der Waals surface area contributed by atoms with Crippen molar-refractivity contribution in [2.75, 3.05) is 7.11 Å². The lowest BCUT2D eigenvalue weighted by molar-refractivity contribution is 0.0652. The first-order chi connectivity index (χ1) is 9.58. The van der Waals surface area contributed by atoms with Gasteiger partial charge in [0, 0.05) is 17.7 Å². The fourth-order valence-corrected chi connectivity index (χ4v) is 2.45. The molecule has 0 unspecified atom stereocenters. The van der Waals surface area contributed by atoms with Crippen molar-refractivity contribution in [2.24, 2.45) is 0 Å². The molecule has 8 heteroatoms. The van der Waals surface area contributed by atoms with Crippen LogP contribution >= 0.6 is 11.3 Å². The molecule has 0 aliphatic rings. The second-order valence-corrected chi connectivity index (χ2v) is 4.81. The van der Waals surface area contributed by atoms with Crippen molar-refractivity contribution in [2.45, 2.75) is 0 Å². The zero-order valence-corrected chi connectivity index (χ0v) is 10.9. The van der Waals surface area contributed by atoms with Gasteiger partial charge < -0.3 is 18.8 Å². The van der Waals surface area contributed by atoms with Gasteiger partial charge in [-0.05, 0) is 6.07 Å². The molecule has 2 heterocycles. The van der Waals surface area contributed by atoms with E-state index in [1.54, 1.807) is 12.1 Å². The number of carboxylic acids is 1. The van der Waals surface area contributed by atoms with Crippen LogP contribution in [-0.4, -0.2) is 23.3 Å². The molecule has 0 aliphatic carbocycles. The number of nitrogens with zero attached hydrogens (tertiary/aromatic N) is 1. The molecule has 0 fully saturated rings. The van der Waals surface area contributed by atoms with E-state index >= 15 is 0 Å². The van der Waals surface area contributed by atoms with Crippen molar-refractivity contribution in [1.82, 2.24) is 5.16 Å². The summed E-state index contributed by atoms with van der Waals surface area (Å²) >= 11 is 0.955. The maximum atomic E-state index is 11.2. The van der Waals surface area contributed by atoms with Gasteiger partial charge in [-0.3, -0.25) is 0 Å². The molecule has 0 bridgehead atoms. The predicted octanol–water partition coefficient (Wildman–Crippen LogP) is 2.22. The summed E-state index contributed by atoms with van der Waals surface area (Å²) in [6.45, 7) is 0. The molecule has 0 aliphatic heterocycles. The van der Waals surface area contributed by atoms with Crippen LogP contribution in [0.15, 0.2) is 31.9 Å². The highest BCUT2D eigenvalue weighted by Crippen LogP contribution is 2.34. The molecular formula is C12H7NO6S. The molecular weight excluding hydrogens is 286 g/mol. The van der Waals surface area contributed by atoms with Crippen LogP contribution in [0.4, 0.5) is 0 Å². The van der Waals surface area contributed by atoms with Gasteiger partial charge >= 0.3 is 10.9 Å². The molecule has 0 atom stereocenters. The monoisotopic (exact) mass is 293 g/mol. The summed E-state index contributed by atoms with van der Waals surface area (Å²) < 4.78 is 15.6. The predicted molar refractivity (Wildman–Crippen MR) is 69.4 cm³/mol. The van der Waals surface area contributed by atoms with E-state index in [1.807, 2.05) is 0 Å². The number of aromatic carboxylic acids is 1. The molecule has 0 saturated heterocycles. The van der Waals surface area contributed by atoms with Gasteiger partial charge in [0.25, 0.3) is 0 Å². The zero-order valence-electron chi connectivity index (χ0n) is 10.1. The number of carboxylic acid groups (broad SMARTS) is 1. The van der Waals surface area contributed by atoms with Crippen molar-refractivity contribution in [3.8, 4) is 17.0 Å². The van der Waals surface area contributed by atoms with E-state index in [2.05, 4.69) is 5.16 Å². The van der Waals surface area contributed by atoms with Crippen molar-refractivity contribution in [1.29, 1.82) is 0 Å². The van der Waals surface area contributed by atoms with E-state index in [1.165, 1.54) is 13.2 Å². The SMILES string of the molecule is COc1cc2sc(=O)oc2cc1-c1cc(C(=O)O)on1. The van der Waals surface area contributed by atoms with Gasteiger partial charge in [-0.15, -0.1) is 0 Å². The lowest BCUT2D eigenvalue weighted by Crippen LogP contribution is -1.91. The number of aromatic nitrogens is 1. The average Bonchev–Trinajstić information content (AvgIpc) is 3.01. The molecule has 1 aromatic carbocycles. The second-order valence-electron chi connectivity index (χ2n) is 3.83. The summed E-state index contributed by atoms with van der Waals surface area (Å²) in [6.07, 6.45) is 0. The Kier molecular flexibility index (Phi) is 2.79. The lowest BCUT2D eigenvalue weighted by Gasteiger charge is -2.04. The van der Waals surface area contributed by atoms with Gasteiger partial charge in [-0.2, -0.15) is 0 Å². The Balaban J connectivity index is 2.21. The highest BCUT2D eigenvalue weighted by Gasteiger charge is 2.17. The van der Waals surface area contributed by atoms with Gasteiger partial charge in [0.15, 0.2) is 0 Å². The minimum Gasteiger partial charge on any atom is -0.496 e. The first-order valence-electron chi connectivity index (χ1n) is 5.40. The molecule has 0 radical (unpaired) electrons. The smallest absolute Gasteiger partial charge is 0.396 e. The van der Waals surface area contributed by atoms with E-state index in [4.69, 9.17) is 18.8 Å². The summed E-state index contributed by atoms with van der Waals surface area (Å²) in [7, 11) is 1.46. The summed E-state index contributed by atoms with van der Waals surface area (Å²) in [4.78, 5) is 21.6. The third-order valence-corrected chi connectivity index (χ3v) is 3.44. The normalized spacial score (nSPS) is 10.8. The molecule has 102 valence electrons. The number of ether oxygens (including phenoxy) is 1. The fraction of sp³-hybridized carbons (Fsp3) is 0.0833. The van der Waals surface area contributed by atoms with Crippen LogP contribution < -0.4 is 9.68 Å². The number of hydrogen-bond donors (Lipinski definition) is 1. The van der Waals surface area contributed by atoms with Crippen LogP contribution in [0.5, 0.6) is 5.75 Å². The van der Waals surface area contributed by atoms with Gasteiger partial charge in [-0.25, -0.2) is 9.59 Å². The Labute approximate surface area is 115 Å². The van der Waals surface area contributed by atoms with E-state index in [0.717, 1.165) is 11.3 Å². The topological polar surface area (TPSA) is 103 Å². The molecule has 0 spiro atoms. The Morgan fingerprint density at radius 3 is 2.85 bits per heavy atom. The van der Waals surface area contributed by atoms with Crippen molar-refractivity contribution in [3.05, 3.63) is 33.7 Å². The largest absolute Gasteiger partial charge is 0.496 e. The standard InChI is InChI=1S/C12H7NO6S/c1-17-7-4-10-8(18-12(16)20-10)2-5(7)6-3-9(11(14)15)19-13-6/h2-4H,1H3,(H,14,15). The molecule has 3 aromatic rings. The average molecular weight is 293 g/mol. The van der Waals surface area contributed by atoms with Gasteiger partial charge in [0.2, 0.25) is 5.76 Å². The number of methoxy groups -OCH3 is 1. The van der Waals surface area contributed by atoms with Crippen LogP contribution in [0, 0.1) is 0 Å². The van der Waals surface area contributed by atoms with Crippen molar-refractivity contribution >= 4 is 27.6 Å². The molecule has 0 amide bonds. The van der Waals surface area contributed by atoms with Gasteiger partial charge in [0.05, 0.1) is 11.8 Å². The van der Waals surface area contributed by atoms with E-state index in [-0.39, 0.29) is 11.5 Å². The first-order valence-corrected chi connectivity index (χ1v) is 6.22. The number of rotatable bonds is 3. The van der Waals surface area contributed by atoms with Crippen LogP contribution in [-0.2, 0) is 0 Å². The quantitative estimate of drug-likeness (QED) is 0.789. The Bertz CT molecular complexity index is 858. The summed E-state index contributed by atoms with van der Waals surface area (Å²) in [6, 6.07) is 4.47. The minimum atomic E-state index is -1.22. The zero-order chi connectivity index (χ0) is 14.3. The molecule has 2 aromatic heterocycles. The number of carbonyl (C=O) groups is 1. The molecule has 20 heavy (non-hydrogen) atoms. The molecule has 1 N–H and O–H groups in total. The highest BCUT2D eigenvalue weighted by atomic mass is 32.1. The summed E-state index contributed by atoms with van der Waals surface area (Å²) in [5, 5.41) is 12.5. The van der Waals surface area contributed by atoms with Gasteiger partial charge in [-0.1, -0.05) is 16.5 Å². The number of fused-ring (bicyclic) bond motifs is 1.